The van der Waals surface area contributed by atoms with Crippen LogP contribution in [0.1, 0.15) is 18.4 Å². The third kappa shape index (κ3) is 2.73. The maximum Gasteiger partial charge on any atom is 0.105 e. The fraction of sp³-hybridized carbons (Fsp3) is 0.375. The van der Waals surface area contributed by atoms with Gasteiger partial charge in [0.25, 0.3) is 0 Å². The van der Waals surface area contributed by atoms with Crippen molar-refractivity contribution in [3.05, 3.63) is 35.9 Å². The Labute approximate surface area is 118 Å². The molecule has 3 unspecified atom stereocenters. The zero-order valence-electron chi connectivity index (χ0n) is 11.2. The minimum Gasteiger partial charge on any atom is -0.386 e. The Morgan fingerprint density at radius 1 is 1.35 bits per heavy atom. The molecule has 0 radical (unpaired) electrons. The Balaban J connectivity index is 1.61. The number of nitrogens with one attached hydrogen (secondary N) is 1. The zero-order valence-corrected chi connectivity index (χ0v) is 11.2. The molecule has 3 atom stereocenters. The molecule has 0 saturated heterocycles. The maximum absolute atomic E-state index is 10.2. The Kier molecular flexibility index (Phi) is 3.80. The first-order chi connectivity index (χ1) is 9.84. The van der Waals surface area contributed by atoms with Crippen LogP contribution < -0.4 is 5.43 Å². The molecular weight excluding hydrogens is 250 g/mol. The molecule has 0 aliphatic carbocycles. The number of aliphatic hydroxyl groups is 1. The molecule has 4 heteroatoms. The second-order valence-electron chi connectivity index (χ2n) is 5.05. The number of hydrogen-bond donors (Lipinski definition) is 2. The Bertz CT molecular complexity index is 583. The van der Waals surface area contributed by atoms with Gasteiger partial charge in [-0.2, -0.15) is 5.10 Å². The quantitative estimate of drug-likeness (QED) is 0.791. The van der Waals surface area contributed by atoms with E-state index in [-0.39, 0.29) is 5.92 Å². The molecule has 0 amide bonds. The topological polar surface area (TPSA) is 57.0 Å². The van der Waals surface area contributed by atoms with Crippen molar-refractivity contribution in [1.29, 1.82) is 0 Å². The predicted molar refractivity (Wildman–Crippen MR) is 79.8 cm³/mol. The molecule has 2 aliphatic rings. The van der Waals surface area contributed by atoms with Gasteiger partial charge in [-0.1, -0.05) is 30.0 Å². The molecule has 3 rings (SSSR count). The van der Waals surface area contributed by atoms with Crippen LogP contribution in [0.5, 0.6) is 0 Å². The zero-order chi connectivity index (χ0) is 13.8. The standard InChI is InChI=1S/C16H17N3O/c20-15(8-4-7-12-5-2-1-3-6-12)16-13-11-17-10-9-14(13)18-19-16/h1-3,5-6,10,13-15,18,20H,8-9,11H2. The molecule has 20 heavy (non-hydrogen) atoms. The van der Waals surface area contributed by atoms with Gasteiger partial charge in [0, 0.05) is 37.1 Å². The van der Waals surface area contributed by atoms with Gasteiger partial charge in [0.1, 0.15) is 6.10 Å². The highest BCUT2D eigenvalue weighted by molar-refractivity contribution is 5.93. The predicted octanol–water partition coefficient (Wildman–Crippen LogP) is 1.21. The molecule has 2 heterocycles. The molecule has 2 aliphatic heterocycles. The lowest BCUT2D eigenvalue weighted by atomic mass is 9.89. The van der Waals surface area contributed by atoms with Crippen LogP contribution in [-0.2, 0) is 0 Å². The second-order valence-corrected chi connectivity index (χ2v) is 5.05. The second kappa shape index (κ2) is 5.89. The van der Waals surface area contributed by atoms with E-state index in [1.54, 1.807) is 0 Å². The number of rotatable bonds is 2. The number of hydrogen-bond acceptors (Lipinski definition) is 4. The lowest BCUT2D eigenvalue weighted by molar-refractivity contribution is 0.241. The van der Waals surface area contributed by atoms with Gasteiger partial charge >= 0.3 is 0 Å². The maximum atomic E-state index is 10.2. The summed E-state index contributed by atoms with van der Waals surface area (Å²) in [6.07, 6.45) is 2.60. The first-order valence-corrected chi connectivity index (χ1v) is 6.88. The SMILES string of the molecule is OC(CC#Cc1ccccc1)C1=NNC2CC=NCC12. The molecule has 1 aromatic carbocycles. The highest BCUT2D eigenvalue weighted by atomic mass is 16.3. The minimum atomic E-state index is -0.609. The van der Waals surface area contributed by atoms with Gasteiger partial charge < -0.3 is 10.5 Å². The number of fused-ring (bicyclic) bond motifs is 1. The summed E-state index contributed by atoms with van der Waals surface area (Å²) in [5.41, 5.74) is 4.85. The van der Waals surface area contributed by atoms with E-state index in [0.29, 0.717) is 19.0 Å². The molecule has 0 bridgehead atoms. The lowest BCUT2D eigenvalue weighted by Gasteiger charge is -2.22. The highest BCUT2D eigenvalue weighted by Crippen LogP contribution is 2.21. The largest absolute Gasteiger partial charge is 0.386 e. The normalized spacial score (nSPS) is 24.9. The summed E-state index contributed by atoms with van der Waals surface area (Å²) in [7, 11) is 0. The van der Waals surface area contributed by atoms with Crippen LogP contribution in [0.3, 0.4) is 0 Å². The molecule has 0 saturated carbocycles. The first-order valence-electron chi connectivity index (χ1n) is 6.88. The number of benzene rings is 1. The van der Waals surface area contributed by atoms with Crippen molar-refractivity contribution in [2.24, 2.45) is 16.0 Å². The molecule has 2 N–H and O–H groups in total. The summed E-state index contributed by atoms with van der Waals surface area (Å²) >= 11 is 0. The third-order valence-electron chi connectivity index (χ3n) is 3.66. The van der Waals surface area contributed by atoms with Crippen molar-refractivity contribution < 1.29 is 5.11 Å². The van der Waals surface area contributed by atoms with Crippen LogP contribution in [0.15, 0.2) is 40.4 Å². The molecule has 0 fully saturated rings. The summed E-state index contributed by atoms with van der Waals surface area (Å²) in [5, 5.41) is 14.5. The molecule has 1 aromatic rings. The van der Waals surface area contributed by atoms with E-state index in [4.69, 9.17) is 0 Å². The number of hydrazone groups is 1. The van der Waals surface area contributed by atoms with Gasteiger partial charge in [-0.05, 0) is 12.1 Å². The van der Waals surface area contributed by atoms with Crippen LogP contribution in [0.2, 0.25) is 0 Å². The number of aliphatic imine (C=N–C) groups is 1. The fourth-order valence-corrected chi connectivity index (χ4v) is 2.55. The molecule has 102 valence electrons. The van der Waals surface area contributed by atoms with Crippen molar-refractivity contribution in [2.45, 2.75) is 25.0 Å². The van der Waals surface area contributed by atoms with Crippen molar-refractivity contribution >= 4 is 11.9 Å². The van der Waals surface area contributed by atoms with E-state index in [9.17, 15) is 5.11 Å². The van der Waals surface area contributed by atoms with Crippen molar-refractivity contribution in [3.63, 3.8) is 0 Å². The summed E-state index contributed by atoms with van der Waals surface area (Å²) in [6.45, 7) is 0.708. The molecule has 4 nitrogen and oxygen atoms in total. The van der Waals surface area contributed by atoms with Crippen molar-refractivity contribution in [3.8, 4) is 11.8 Å². The van der Waals surface area contributed by atoms with E-state index in [0.717, 1.165) is 17.7 Å². The smallest absolute Gasteiger partial charge is 0.105 e. The average molecular weight is 267 g/mol. The van der Waals surface area contributed by atoms with Crippen LogP contribution in [-0.4, -0.2) is 35.7 Å². The summed E-state index contributed by atoms with van der Waals surface area (Å²) in [5.74, 6) is 6.30. The monoisotopic (exact) mass is 267 g/mol. The van der Waals surface area contributed by atoms with Crippen LogP contribution in [0, 0.1) is 17.8 Å². The number of aliphatic hydroxyl groups excluding tert-OH is 1. The summed E-state index contributed by atoms with van der Waals surface area (Å²) in [4.78, 5) is 4.29. The van der Waals surface area contributed by atoms with E-state index in [1.807, 2.05) is 36.5 Å². The summed E-state index contributed by atoms with van der Waals surface area (Å²) < 4.78 is 0. The highest BCUT2D eigenvalue weighted by Gasteiger charge is 2.35. The van der Waals surface area contributed by atoms with Crippen LogP contribution in [0.4, 0.5) is 0 Å². The van der Waals surface area contributed by atoms with Gasteiger partial charge in [-0.25, -0.2) is 0 Å². The number of nitrogens with zero attached hydrogens (tertiary/aromatic N) is 2. The van der Waals surface area contributed by atoms with E-state index in [2.05, 4.69) is 27.4 Å². The minimum absolute atomic E-state index is 0.216. The van der Waals surface area contributed by atoms with Gasteiger partial charge in [-0.3, -0.25) is 4.99 Å². The van der Waals surface area contributed by atoms with Gasteiger partial charge in [0.05, 0.1) is 11.8 Å². The van der Waals surface area contributed by atoms with Gasteiger partial charge in [0.15, 0.2) is 0 Å². The van der Waals surface area contributed by atoms with Crippen molar-refractivity contribution in [2.75, 3.05) is 6.54 Å². The Hall–Kier alpha value is -2.12. The average Bonchev–Trinajstić information content (AvgIpc) is 2.92. The first kappa shape index (κ1) is 12.9. The fourth-order valence-electron chi connectivity index (χ4n) is 2.55. The van der Waals surface area contributed by atoms with Crippen LogP contribution >= 0.6 is 0 Å². The Morgan fingerprint density at radius 3 is 3.05 bits per heavy atom. The Morgan fingerprint density at radius 2 is 2.20 bits per heavy atom. The van der Waals surface area contributed by atoms with Crippen LogP contribution in [0.25, 0.3) is 0 Å². The molecule has 0 aromatic heterocycles. The van der Waals surface area contributed by atoms with Gasteiger partial charge in [0.2, 0.25) is 0 Å². The summed E-state index contributed by atoms with van der Waals surface area (Å²) in [6, 6.07) is 10.1. The van der Waals surface area contributed by atoms with Crippen molar-refractivity contribution in [1.82, 2.24) is 5.43 Å². The molecular formula is C16H17N3O. The van der Waals surface area contributed by atoms with E-state index >= 15 is 0 Å². The molecule has 0 spiro atoms. The third-order valence-corrected chi connectivity index (χ3v) is 3.66. The van der Waals surface area contributed by atoms with E-state index < -0.39 is 6.10 Å². The van der Waals surface area contributed by atoms with E-state index in [1.165, 1.54) is 0 Å². The van der Waals surface area contributed by atoms with Gasteiger partial charge in [-0.15, -0.1) is 0 Å². The lowest BCUT2D eigenvalue weighted by Crippen LogP contribution is -2.38.